The Morgan fingerprint density at radius 1 is 1.11 bits per heavy atom. The summed E-state index contributed by atoms with van der Waals surface area (Å²) in [4.78, 5) is 0. The Hall–Kier alpha value is -0.0800. The monoisotopic (exact) mass is 253 g/mol. The second-order valence-electron chi connectivity index (χ2n) is 7.43. The van der Waals surface area contributed by atoms with Crippen LogP contribution in [0.4, 0.5) is 0 Å². The summed E-state index contributed by atoms with van der Waals surface area (Å²) >= 11 is 0. The summed E-state index contributed by atoms with van der Waals surface area (Å²) in [5.41, 5.74) is 5.63. The van der Waals surface area contributed by atoms with E-state index < -0.39 is 5.60 Å². The highest BCUT2D eigenvalue weighted by Crippen LogP contribution is 2.59. The highest BCUT2D eigenvalue weighted by Gasteiger charge is 2.60. The fourth-order valence-corrected chi connectivity index (χ4v) is 4.74. The summed E-state index contributed by atoms with van der Waals surface area (Å²) in [5.74, 6) is 0.859. The molecular formula is C16H31NO. The maximum atomic E-state index is 11.4. The molecule has 0 heterocycles. The highest BCUT2D eigenvalue weighted by molar-refractivity contribution is 5.11. The van der Waals surface area contributed by atoms with Gasteiger partial charge in [-0.05, 0) is 56.3 Å². The van der Waals surface area contributed by atoms with Gasteiger partial charge >= 0.3 is 0 Å². The summed E-state index contributed by atoms with van der Waals surface area (Å²) in [5, 5.41) is 11.4. The van der Waals surface area contributed by atoms with Gasteiger partial charge in [-0.15, -0.1) is 0 Å². The summed E-state index contributed by atoms with van der Waals surface area (Å²) in [6.45, 7) is 7.42. The number of nitrogens with two attached hydrogens (primary N) is 1. The zero-order chi connectivity index (χ0) is 13.4. The molecule has 0 radical (unpaired) electrons. The fourth-order valence-electron chi connectivity index (χ4n) is 4.74. The molecule has 2 aliphatic rings. The van der Waals surface area contributed by atoms with Crippen molar-refractivity contribution >= 4 is 0 Å². The molecule has 2 nitrogen and oxygen atoms in total. The Morgan fingerprint density at radius 2 is 1.72 bits per heavy atom. The SMILES string of the molecule is CCC1CCC(CN)(C2(O)CCCC2(C)C)CC1. The van der Waals surface area contributed by atoms with Crippen LogP contribution in [0.5, 0.6) is 0 Å². The van der Waals surface area contributed by atoms with E-state index in [2.05, 4.69) is 20.8 Å². The molecule has 0 aromatic rings. The first-order valence-electron chi connectivity index (χ1n) is 7.83. The standard InChI is InChI=1S/C16H31NO/c1-4-13-6-10-15(12-17,11-7-13)16(18)9-5-8-14(16,2)3/h13,18H,4-12,17H2,1-3H3. The largest absolute Gasteiger partial charge is 0.389 e. The average molecular weight is 253 g/mol. The Kier molecular flexibility index (Phi) is 3.81. The Labute approximate surface area is 112 Å². The van der Waals surface area contributed by atoms with Gasteiger partial charge in [-0.2, -0.15) is 0 Å². The van der Waals surface area contributed by atoms with Crippen molar-refractivity contribution in [2.75, 3.05) is 6.54 Å². The normalized spacial score (nSPS) is 44.2. The van der Waals surface area contributed by atoms with Gasteiger partial charge in [-0.25, -0.2) is 0 Å². The second-order valence-corrected chi connectivity index (χ2v) is 7.43. The first-order chi connectivity index (χ1) is 8.41. The third kappa shape index (κ3) is 1.92. The fraction of sp³-hybridized carbons (Fsp3) is 1.00. The molecule has 106 valence electrons. The predicted molar refractivity (Wildman–Crippen MR) is 76.3 cm³/mol. The van der Waals surface area contributed by atoms with Crippen molar-refractivity contribution in [3.63, 3.8) is 0 Å². The van der Waals surface area contributed by atoms with Gasteiger partial charge in [-0.1, -0.05) is 27.2 Å². The molecule has 2 heteroatoms. The Bertz CT molecular complexity index is 291. The van der Waals surface area contributed by atoms with Crippen LogP contribution in [0.3, 0.4) is 0 Å². The molecule has 0 amide bonds. The lowest BCUT2D eigenvalue weighted by molar-refractivity contribution is -0.159. The minimum absolute atomic E-state index is 0.0152. The highest BCUT2D eigenvalue weighted by atomic mass is 16.3. The Morgan fingerprint density at radius 3 is 2.11 bits per heavy atom. The lowest BCUT2D eigenvalue weighted by Gasteiger charge is -2.54. The summed E-state index contributed by atoms with van der Waals surface area (Å²) in [7, 11) is 0. The van der Waals surface area contributed by atoms with Crippen molar-refractivity contribution < 1.29 is 5.11 Å². The van der Waals surface area contributed by atoms with E-state index in [1.54, 1.807) is 0 Å². The number of hydrogen-bond donors (Lipinski definition) is 2. The molecule has 0 saturated heterocycles. The van der Waals surface area contributed by atoms with Gasteiger partial charge in [0.05, 0.1) is 5.60 Å². The molecule has 18 heavy (non-hydrogen) atoms. The summed E-state index contributed by atoms with van der Waals surface area (Å²) in [6.07, 6.45) is 9.30. The maximum absolute atomic E-state index is 11.4. The molecule has 3 N–H and O–H groups in total. The summed E-state index contributed by atoms with van der Waals surface area (Å²) in [6, 6.07) is 0. The predicted octanol–water partition coefficient (Wildman–Crippen LogP) is 3.47. The van der Waals surface area contributed by atoms with Gasteiger partial charge < -0.3 is 10.8 Å². The molecule has 0 aliphatic heterocycles. The lowest BCUT2D eigenvalue weighted by atomic mass is 9.54. The van der Waals surface area contributed by atoms with Crippen molar-refractivity contribution in [1.82, 2.24) is 0 Å². The van der Waals surface area contributed by atoms with E-state index in [-0.39, 0.29) is 10.8 Å². The zero-order valence-corrected chi connectivity index (χ0v) is 12.5. The van der Waals surface area contributed by atoms with E-state index in [1.807, 2.05) is 0 Å². The van der Waals surface area contributed by atoms with Gasteiger partial charge in [0.1, 0.15) is 0 Å². The van der Waals surface area contributed by atoms with Gasteiger partial charge in [0.15, 0.2) is 0 Å². The van der Waals surface area contributed by atoms with E-state index in [4.69, 9.17) is 5.73 Å². The maximum Gasteiger partial charge on any atom is 0.0766 e. The topological polar surface area (TPSA) is 46.2 Å². The smallest absolute Gasteiger partial charge is 0.0766 e. The molecule has 0 aromatic heterocycles. The van der Waals surface area contributed by atoms with Crippen LogP contribution in [0.2, 0.25) is 0 Å². The molecular weight excluding hydrogens is 222 g/mol. The first kappa shape index (κ1) is 14.3. The number of aliphatic hydroxyl groups is 1. The quantitative estimate of drug-likeness (QED) is 0.809. The van der Waals surface area contributed by atoms with Crippen LogP contribution in [0, 0.1) is 16.7 Å². The van der Waals surface area contributed by atoms with Gasteiger partial charge in [0.2, 0.25) is 0 Å². The second kappa shape index (κ2) is 4.79. The molecule has 2 fully saturated rings. The van der Waals surface area contributed by atoms with Crippen LogP contribution in [0.1, 0.15) is 72.1 Å². The first-order valence-corrected chi connectivity index (χ1v) is 7.83. The molecule has 0 bridgehead atoms. The summed E-state index contributed by atoms with van der Waals surface area (Å²) < 4.78 is 0. The van der Waals surface area contributed by atoms with Crippen LogP contribution >= 0.6 is 0 Å². The van der Waals surface area contributed by atoms with Crippen molar-refractivity contribution in [3.05, 3.63) is 0 Å². The van der Waals surface area contributed by atoms with E-state index >= 15 is 0 Å². The zero-order valence-electron chi connectivity index (χ0n) is 12.5. The third-order valence-electron chi connectivity index (χ3n) is 6.37. The Balaban J connectivity index is 2.23. The molecule has 1 atom stereocenters. The van der Waals surface area contributed by atoms with Crippen LogP contribution < -0.4 is 5.73 Å². The molecule has 0 spiro atoms. The van der Waals surface area contributed by atoms with E-state index in [9.17, 15) is 5.11 Å². The van der Waals surface area contributed by atoms with Crippen molar-refractivity contribution in [2.24, 2.45) is 22.5 Å². The van der Waals surface area contributed by atoms with Crippen molar-refractivity contribution in [3.8, 4) is 0 Å². The minimum atomic E-state index is -0.534. The minimum Gasteiger partial charge on any atom is -0.389 e. The van der Waals surface area contributed by atoms with Crippen molar-refractivity contribution in [1.29, 1.82) is 0 Å². The van der Waals surface area contributed by atoms with E-state index in [0.717, 1.165) is 38.0 Å². The number of rotatable bonds is 3. The van der Waals surface area contributed by atoms with Crippen LogP contribution in [-0.4, -0.2) is 17.3 Å². The van der Waals surface area contributed by atoms with E-state index in [1.165, 1.54) is 19.3 Å². The van der Waals surface area contributed by atoms with Gasteiger partial charge in [0.25, 0.3) is 0 Å². The number of hydrogen-bond acceptors (Lipinski definition) is 2. The van der Waals surface area contributed by atoms with Gasteiger partial charge in [0, 0.05) is 12.0 Å². The molecule has 2 saturated carbocycles. The lowest BCUT2D eigenvalue weighted by Crippen LogP contribution is -2.59. The van der Waals surface area contributed by atoms with Crippen molar-refractivity contribution in [2.45, 2.75) is 77.7 Å². The van der Waals surface area contributed by atoms with Crippen LogP contribution in [0.25, 0.3) is 0 Å². The van der Waals surface area contributed by atoms with Crippen LogP contribution in [-0.2, 0) is 0 Å². The molecule has 1 unspecified atom stereocenters. The molecule has 0 aromatic carbocycles. The van der Waals surface area contributed by atoms with E-state index in [0.29, 0.717) is 6.54 Å². The third-order valence-corrected chi connectivity index (χ3v) is 6.37. The molecule has 2 rings (SSSR count). The average Bonchev–Trinajstić information content (AvgIpc) is 2.65. The van der Waals surface area contributed by atoms with Gasteiger partial charge in [-0.3, -0.25) is 0 Å². The van der Waals surface area contributed by atoms with Crippen LogP contribution in [0.15, 0.2) is 0 Å². The molecule has 2 aliphatic carbocycles.